The molecule has 0 spiro atoms. The first-order chi connectivity index (χ1) is 14.0. The molecule has 3 rings (SSSR count). The summed E-state index contributed by atoms with van der Waals surface area (Å²) >= 11 is 0. The Bertz CT molecular complexity index is 931. The Balaban J connectivity index is 1.69. The SMILES string of the molecule is CN1CCN(c2cccc(C(=O)/C=C/c3cccc(/C=C/C(=O)NO)n3)c2)CC1. The molecular formula is C22H24N4O3. The molecule has 1 aromatic heterocycles. The molecule has 150 valence electrons. The maximum absolute atomic E-state index is 12.6. The van der Waals surface area contributed by atoms with Crippen molar-refractivity contribution in [2.45, 2.75) is 0 Å². The van der Waals surface area contributed by atoms with Gasteiger partial charge in [-0.15, -0.1) is 0 Å². The zero-order valence-corrected chi connectivity index (χ0v) is 16.3. The fourth-order valence-corrected chi connectivity index (χ4v) is 3.03. The summed E-state index contributed by atoms with van der Waals surface area (Å²) in [6, 6.07) is 13.0. The Morgan fingerprint density at radius 3 is 2.34 bits per heavy atom. The number of piperazine rings is 1. The van der Waals surface area contributed by atoms with Gasteiger partial charge in [-0.3, -0.25) is 14.8 Å². The molecule has 1 amide bonds. The Morgan fingerprint density at radius 1 is 1.00 bits per heavy atom. The van der Waals surface area contributed by atoms with Gasteiger partial charge in [0.05, 0.1) is 11.4 Å². The number of hydroxylamine groups is 1. The Labute approximate surface area is 169 Å². The van der Waals surface area contributed by atoms with E-state index >= 15 is 0 Å². The molecule has 1 aliphatic rings. The maximum Gasteiger partial charge on any atom is 0.267 e. The van der Waals surface area contributed by atoms with Gasteiger partial charge < -0.3 is 9.80 Å². The van der Waals surface area contributed by atoms with Crippen LogP contribution in [-0.2, 0) is 4.79 Å². The van der Waals surface area contributed by atoms with E-state index in [-0.39, 0.29) is 5.78 Å². The number of likely N-dealkylation sites (N-methyl/N-ethyl adjacent to an activating group) is 1. The molecule has 1 fully saturated rings. The molecule has 2 aromatic rings. The lowest BCUT2D eigenvalue weighted by Crippen LogP contribution is -2.44. The standard InChI is InChI=1S/C22H24N4O3/c1-25-12-14-26(15-13-25)20-7-2-4-17(16-20)21(27)10-8-18-5-3-6-19(23-18)9-11-22(28)24-29/h2-11,16,29H,12-15H2,1H3,(H,24,28)/b10-8+,11-9+. The molecule has 0 aliphatic carbocycles. The first kappa shape index (κ1) is 20.4. The van der Waals surface area contributed by atoms with E-state index in [4.69, 9.17) is 5.21 Å². The predicted molar refractivity (Wildman–Crippen MR) is 113 cm³/mol. The largest absolute Gasteiger partial charge is 0.369 e. The molecule has 2 N–H and O–H groups in total. The number of ketones is 1. The first-order valence-corrected chi connectivity index (χ1v) is 9.40. The number of nitrogens with zero attached hydrogens (tertiary/aromatic N) is 3. The van der Waals surface area contributed by atoms with Crippen LogP contribution in [-0.4, -0.2) is 60.0 Å². The maximum atomic E-state index is 12.6. The van der Waals surface area contributed by atoms with Gasteiger partial charge >= 0.3 is 0 Å². The fraction of sp³-hybridized carbons (Fsp3) is 0.227. The zero-order valence-electron chi connectivity index (χ0n) is 16.3. The number of amides is 1. The van der Waals surface area contributed by atoms with Crippen molar-refractivity contribution in [1.82, 2.24) is 15.4 Å². The second-order valence-corrected chi connectivity index (χ2v) is 6.83. The lowest BCUT2D eigenvalue weighted by Gasteiger charge is -2.34. The van der Waals surface area contributed by atoms with Crippen molar-refractivity contribution in [1.29, 1.82) is 0 Å². The van der Waals surface area contributed by atoms with Crippen molar-refractivity contribution >= 4 is 29.5 Å². The minimum atomic E-state index is -0.636. The van der Waals surface area contributed by atoms with Crippen LogP contribution in [0.4, 0.5) is 5.69 Å². The van der Waals surface area contributed by atoms with E-state index < -0.39 is 5.91 Å². The van der Waals surface area contributed by atoms with Crippen molar-refractivity contribution in [3.05, 3.63) is 71.6 Å². The van der Waals surface area contributed by atoms with E-state index in [2.05, 4.69) is 21.8 Å². The van der Waals surface area contributed by atoms with Crippen LogP contribution < -0.4 is 10.4 Å². The summed E-state index contributed by atoms with van der Waals surface area (Å²) in [4.78, 5) is 32.6. The number of rotatable bonds is 6. The molecule has 0 unspecified atom stereocenters. The van der Waals surface area contributed by atoms with E-state index in [9.17, 15) is 9.59 Å². The Kier molecular flexibility index (Phi) is 6.89. The van der Waals surface area contributed by atoms with Gasteiger partial charge in [-0.25, -0.2) is 10.5 Å². The highest BCUT2D eigenvalue weighted by Gasteiger charge is 2.15. The van der Waals surface area contributed by atoms with E-state index in [0.717, 1.165) is 31.9 Å². The zero-order chi connectivity index (χ0) is 20.6. The van der Waals surface area contributed by atoms with Gasteiger partial charge in [-0.1, -0.05) is 18.2 Å². The van der Waals surface area contributed by atoms with Gasteiger partial charge in [0.1, 0.15) is 0 Å². The lowest BCUT2D eigenvalue weighted by molar-refractivity contribution is -0.124. The molecule has 0 bridgehead atoms. The predicted octanol–water partition coefficient (Wildman–Crippen LogP) is 2.25. The number of hydrogen-bond donors (Lipinski definition) is 2. The number of anilines is 1. The molecule has 2 heterocycles. The minimum absolute atomic E-state index is 0.0941. The van der Waals surface area contributed by atoms with Crippen LogP contribution in [0.3, 0.4) is 0 Å². The molecular weight excluding hydrogens is 368 g/mol. The van der Waals surface area contributed by atoms with Crippen LogP contribution in [0.1, 0.15) is 21.7 Å². The quantitative estimate of drug-likeness (QED) is 0.339. The summed E-state index contributed by atoms with van der Waals surface area (Å²) < 4.78 is 0. The number of carbonyl (C=O) groups is 2. The van der Waals surface area contributed by atoms with Crippen molar-refractivity contribution < 1.29 is 14.8 Å². The van der Waals surface area contributed by atoms with E-state index in [1.54, 1.807) is 24.3 Å². The Morgan fingerprint density at radius 2 is 1.66 bits per heavy atom. The Hall–Kier alpha value is -3.29. The summed E-state index contributed by atoms with van der Waals surface area (Å²) in [5, 5.41) is 8.51. The van der Waals surface area contributed by atoms with Crippen LogP contribution in [0.5, 0.6) is 0 Å². The van der Waals surface area contributed by atoms with Crippen LogP contribution in [0.15, 0.2) is 54.6 Å². The number of carbonyl (C=O) groups excluding carboxylic acids is 2. The number of aromatic nitrogens is 1. The number of allylic oxidation sites excluding steroid dienone is 1. The van der Waals surface area contributed by atoms with E-state index in [0.29, 0.717) is 17.0 Å². The summed E-state index contributed by atoms with van der Waals surface area (Å²) in [5.74, 6) is -0.730. The molecule has 29 heavy (non-hydrogen) atoms. The molecule has 1 aromatic carbocycles. The number of pyridine rings is 1. The molecule has 1 saturated heterocycles. The average Bonchev–Trinajstić information content (AvgIpc) is 2.76. The third-order valence-electron chi connectivity index (χ3n) is 4.71. The summed E-state index contributed by atoms with van der Waals surface area (Å²) in [7, 11) is 2.11. The van der Waals surface area contributed by atoms with Crippen LogP contribution in [0.25, 0.3) is 12.2 Å². The van der Waals surface area contributed by atoms with Crippen molar-refractivity contribution in [3.8, 4) is 0 Å². The fourth-order valence-electron chi connectivity index (χ4n) is 3.03. The molecule has 0 saturated carbocycles. The van der Waals surface area contributed by atoms with Gasteiger partial charge in [0.2, 0.25) is 0 Å². The molecule has 7 nitrogen and oxygen atoms in total. The normalized spacial score (nSPS) is 15.2. The summed E-state index contributed by atoms with van der Waals surface area (Å²) in [5.41, 5.74) is 4.35. The highest BCUT2D eigenvalue weighted by molar-refractivity contribution is 6.07. The van der Waals surface area contributed by atoms with Crippen LogP contribution in [0, 0.1) is 0 Å². The average molecular weight is 392 g/mol. The smallest absolute Gasteiger partial charge is 0.267 e. The highest BCUT2D eigenvalue weighted by atomic mass is 16.5. The lowest BCUT2D eigenvalue weighted by atomic mass is 10.1. The first-order valence-electron chi connectivity index (χ1n) is 9.40. The molecule has 0 radical (unpaired) electrons. The highest BCUT2D eigenvalue weighted by Crippen LogP contribution is 2.18. The number of benzene rings is 1. The third kappa shape index (κ3) is 5.84. The van der Waals surface area contributed by atoms with Crippen molar-refractivity contribution in [2.75, 3.05) is 38.1 Å². The van der Waals surface area contributed by atoms with E-state index in [1.165, 1.54) is 23.7 Å². The monoisotopic (exact) mass is 392 g/mol. The van der Waals surface area contributed by atoms with Gasteiger partial charge in [-0.05, 0) is 49.5 Å². The molecule has 0 atom stereocenters. The van der Waals surface area contributed by atoms with Gasteiger partial charge in [0, 0.05) is 43.5 Å². The van der Waals surface area contributed by atoms with Crippen molar-refractivity contribution in [2.24, 2.45) is 0 Å². The van der Waals surface area contributed by atoms with Crippen LogP contribution >= 0.6 is 0 Å². The molecule has 7 heteroatoms. The topological polar surface area (TPSA) is 85.8 Å². The van der Waals surface area contributed by atoms with Gasteiger partial charge in [0.15, 0.2) is 5.78 Å². The minimum Gasteiger partial charge on any atom is -0.369 e. The second kappa shape index (κ2) is 9.77. The van der Waals surface area contributed by atoms with Gasteiger partial charge in [0.25, 0.3) is 5.91 Å². The summed E-state index contributed by atoms with van der Waals surface area (Å²) in [6.07, 6.45) is 5.79. The summed E-state index contributed by atoms with van der Waals surface area (Å²) in [6.45, 7) is 3.91. The number of hydrogen-bond acceptors (Lipinski definition) is 6. The molecule has 1 aliphatic heterocycles. The second-order valence-electron chi connectivity index (χ2n) is 6.83. The number of nitrogens with one attached hydrogen (secondary N) is 1. The van der Waals surface area contributed by atoms with Crippen LogP contribution in [0.2, 0.25) is 0 Å². The van der Waals surface area contributed by atoms with E-state index in [1.807, 2.05) is 24.3 Å². The van der Waals surface area contributed by atoms with Crippen molar-refractivity contribution in [3.63, 3.8) is 0 Å². The third-order valence-corrected chi connectivity index (χ3v) is 4.71. The van der Waals surface area contributed by atoms with Gasteiger partial charge in [-0.2, -0.15) is 0 Å².